The summed E-state index contributed by atoms with van der Waals surface area (Å²) in [5.41, 5.74) is 0.814. The lowest BCUT2D eigenvalue weighted by molar-refractivity contribution is -0.141. The molecule has 4 nitrogen and oxygen atoms in total. The molecule has 2 atom stereocenters. The number of nitrogens with zero attached hydrogens (tertiary/aromatic N) is 1. The summed E-state index contributed by atoms with van der Waals surface area (Å²) in [7, 11) is 1.89. The van der Waals surface area contributed by atoms with E-state index in [9.17, 15) is 9.90 Å². The molecule has 1 aromatic carbocycles. The lowest BCUT2D eigenvalue weighted by Crippen LogP contribution is -2.20. The second-order valence-corrected chi connectivity index (χ2v) is 4.29. The standard InChI is InChI=1S/C12H15NO3/c1-13-7-8(12(15)16)6-10(13)9-4-2-3-5-11(9)14/h2-5,8,10,14H,6-7H2,1H3,(H,15,16). The van der Waals surface area contributed by atoms with Crippen LogP contribution >= 0.6 is 0 Å². The number of phenols is 1. The predicted molar refractivity (Wildman–Crippen MR) is 59.2 cm³/mol. The fourth-order valence-electron chi connectivity index (χ4n) is 2.31. The fraction of sp³-hybridized carbons (Fsp3) is 0.417. The molecule has 1 aliphatic heterocycles. The van der Waals surface area contributed by atoms with Gasteiger partial charge in [0.25, 0.3) is 0 Å². The Bertz CT molecular complexity index is 405. The summed E-state index contributed by atoms with van der Waals surface area (Å²) in [5.74, 6) is -0.857. The number of rotatable bonds is 2. The number of carboxylic acid groups (broad SMARTS) is 1. The molecule has 2 rings (SSSR count). The Balaban J connectivity index is 2.23. The second kappa shape index (κ2) is 4.14. The van der Waals surface area contributed by atoms with Crippen molar-refractivity contribution in [2.24, 2.45) is 5.92 Å². The van der Waals surface area contributed by atoms with Crippen molar-refractivity contribution >= 4 is 5.97 Å². The third-order valence-electron chi connectivity index (χ3n) is 3.19. The Labute approximate surface area is 94.1 Å². The maximum atomic E-state index is 10.9. The lowest BCUT2D eigenvalue weighted by atomic mass is 9.99. The van der Waals surface area contributed by atoms with Gasteiger partial charge in [0.05, 0.1) is 5.92 Å². The first kappa shape index (κ1) is 11.0. The largest absolute Gasteiger partial charge is 0.508 e. The number of carbonyl (C=O) groups is 1. The molecule has 4 heteroatoms. The third-order valence-corrected chi connectivity index (χ3v) is 3.19. The molecule has 0 spiro atoms. The van der Waals surface area contributed by atoms with E-state index in [2.05, 4.69) is 0 Å². The van der Waals surface area contributed by atoms with Crippen LogP contribution in [0.5, 0.6) is 5.75 Å². The van der Waals surface area contributed by atoms with Gasteiger partial charge in [-0.15, -0.1) is 0 Å². The van der Waals surface area contributed by atoms with Crippen molar-refractivity contribution in [3.8, 4) is 5.75 Å². The molecule has 0 aliphatic carbocycles. The maximum absolute atomic E-state index is 10.9. The van der Waals surface area contributed by atoms with Crippen LogP contribution in [0.1, 0.15) is 18.0 Å². The van der Waals surface area contributed by atoms with Crippen LogP contribution in [0.25, 0.3) is 0 Å². The highest BCUT2D eigenvalue weighted by Gasteiger charge is 2.35. The zero-order chi connectivity index (χ0) is 11.7. The minimum Gasteiger partial charge on any atom is -0.508 e. The van der Waals surface area contributed by atoms with Crippen molar-refractivity contribution in [1.29, 1.82) is 0 Å². The molecule has 2 unspecified atom stereocenters. The summed E-state index contributed by atoms with van der Waals surface area (Å²) in [4.78, 5) is 12.9. The summed E-state index contributed by atoms with van der Waals surface area (Å²) < 4.78 is 0. The van der Waals surface area contributed by atoms with Crippen LogP contribution in [0.2, 0.25) is 0 Å². The predicted octanol–water partition coefficient (Wildman–Crippen LogP) is 1.47. The molecule has 86 valence electrons. The summed E-state index contributed by atoms with van der Waals surface area (Å²) in [6.45, 7) is 0.536. The van der Waals surface area contributed by atoms with Gasteiger partial charge in [-0.2, -0.15) is 0 Å². The molecule has 1 aromatic rings. The first-order valence-electron chi connectivity index (χ1n) is 5.30. The number of likely N-dealkylation sites (tertiary alicyclic amines) is 1. The van der Waals surface area contributed by atoms with Crippen LogP contribution in [0, 0.1) is 5.92 Å². The molecule has 16 heavy (non-hydrogen) atoms. The van der Waals surface area contributed by atoms with Crippen LogP contribution < -0.4 is 0 Å². The minimum absolute atomic E-state index is 0.00213. The summed E-state index contributed by atoms with van der Waals surface area (Å²) in [6, 6.07) is 7.11. The van der Waals surface area contributed by atoms with Crippen molar-refractivity contribution in [3.63, 3.8) is 0 Å². The van der Waals surface area contributed by atoms with Crippen molar-refractivity contribution < 1.29 is 15.0 Å². The smallest absolute Gasteiger partial charge is 0.307 e. The highest BCUT2D eigenvalue weighted by molar-refractivity contribution is 5.70. The Morgan fingerprint density at radius 2 is 2.12 bits per heavy atom. The molecule has 0 bridgehead atoms. The number of aliphatic carboxylic acids is 1. The first-order chi connectivity index (χ1) is 7.59. The molecular formula is C12H15NO3. The van der Waals surface area contributed by atoms with E-state index in [1.807, 2.05) is 24.1 Å². The van der Waals surface area contributed by atoms with Gasteiger partial charge in [0.2, 0.25) is 0 Å². The van der Waals surface area contributed by atoms with Gasteiger partial charge in [-0.05, 0) is 19.5 Å². The van der Waals surface area contributed by atoms with Crippen LogP contribution in [-0.2, 0) is 4.79 Å². The van der Waals surface area contributed by atoms with E-state index in [0.29, 0.717) is 13.0 Å². The number of hydrogen-bond acceptors (Lipinski definition) is 3. The summed E-state index contributed by atoms with van der Waals surface area (Å²) >= 11 is 0. The van der Waals surface area contributed by atoms with Crippen molar-refractivity contribution in [2.75, 3.05) is 13.6 Å². The Kier molecular flexibility index (Phi) is 2.83. The van der Waals surface area contributed by atoms with Gasteiger partial charge in [0.15, 0.2) is 0 Å². The minimum atomic E-state index is -0.759. The lowest BCUT2D eigenvalue weighted by Gasteiger charge is -2.20. The average molecular weight is 221 g/mol. The Morgan fingerprint density at radius 1 is 1.44 bits per heavy atom. The molecule has 1 aliphatic rings. The molecular weight excluding hydrogens is 206 g/mol. The molecule has 0 amide bonds. The van der Waals surface area contributed by atoms with Crippen LogP contribution in [0.15, 0.2) is 24.3 Å². The normalized spacial score (nSPS) is 25.8. The van der Waals surface area contributed by atoms with E-state index in [-0.39, 0.29) is 17.7 Å². The SMILES string of the molecule is CN1CC(C(=O)O)CC1c1ccccc1O. The van der Waals surface area contributed by atoms with Gasteiger partial charge in [0.1, 0.15) is 5.75 Å². The van der Waals surface area contributed by atoms with Crippen LogP contribution in [0.3, 0.4) is 0 Å². The Hall–Kier alpha value is -1.55. The van der Waals surface area contributed by atoms with Gasteiger partial charge in [-0.3, -0.25) is 9.69 Å². The molecule has 1 heterocycles. The molecule has 2 N–H and O–H groups in total. The molecule has 1 saturated heterocycles. The number of para-hydroxylation sites is 1. The number of hydrogen-bond donors (Lipinski definition) is 2. The van der Waals surface area contributed by atoms with Gasteiger partial charge in [-0.25, -0.2) is 0 Å². The number of aromatic hydroxyl groups is 1. The van der Waals surface area contributed by atoms with Gasteiger partial charge in [-0.1, -0.05) is 18.2 Å². The van der Waals surface area contributed by atoms with Gasteiger partial charge in [0, 0.05) is 18.2 Å². The van der Waals surface area contributed by atoms with Crippen molar-refractivity contribution in [3.05, 3.63) is 29.8 Å². The quantitative estimate of drug-likeness (QED) is 0.794. The number of carboxylic acids is 1. The molecule has 1 fully saturated rings. The molecule has 0 radical (unpaired) electrons. The van der Waals surface area contributed by atoms with Crippen LogP contribution in [-0.4, -0.2) is 34.7 Å². The van der Waals surface area contributed by atoms with Gasteiger partial charge < -0.3 is 10.2 Å². The first-order valence-corrected chi connectivity index (χ1v) is 5.30. The van der Waals surface area contributed by atoms with Crippen LogP contribution in [0.4, 0.5) is 0 Å². The highest BCUT2D eigenvalue weighted by atomic mass is 16.4. The maximum Gasteiger partial charge on any atom is 0.307 e. The number of benzene rings is 1. The highest BCUT2D eigenvalue weighted by Crippen LogP contribution is 2.37. The van der Waals surface area contributed by atoms with E-state index in [1.54, 1.807) is 12.1 Å². The van der Waals surface area contributed by atoms with E-state index in [0.717, 1.165) is 5.56 Å². The average Bonchev–Trinajstić information content (AvgIpc) is 2.61. The van der Waals surface area contributed by atoms with E-state index >= 15 is 0 Å². The zero-order valence-corrected chi connectivity index (χ0v) is 9.13. The fourth-order valence-corrected chi connectivity index (χ4v) is 2.31. The van der Waals surface area contributed by atoms with E-state index in [4.69, 9.17) is 5.11 Å². The summed E-state index contributed by atoms with van der Waals surface area (Å²) in [6.07, 6.45) is 0.559. The van der Waals surface area contributed by atoms with Gasteiger partial charge >= 0.3 is 5.97 Å². The van der Waals surface area contributed by atoms with Crippen molar-refractivity contribution in [2.45, 2.75) is 12.5 Å². The summed E-state index contributed by atoms with van der Waals surface area (Å²) in [5, 5.41) is 18.7. The topological polar surface area (TPSA) is 60.8 Å². The zero-order valence-electron chi connectivity index (χ0n) is 9.13. The monoisotopic (exact) mass is 221 g/mol. The van der Waals surface area contributed by atoms with E-state index in [1.165, 1.54) is 0 Å². The molecule has 0 aromatic heterocycles. The van der Waals surface area contributed by atoms with Crippen molar-refractivity contribution in [1.82, 2.24) is 4.90 Å². The second-order valence-electron chi connectivity index (χ2n) is 4.29. The molecule has 0 saturated carbocycles. The number of phenolic OH excluding ortho intramolecular Hbond substituents is 1. The third kappa shape index (κ3) is 1.88. The Morgan fingerprint density at radius 3 is 2.69 bits per heavy atom. The van der Waals surface area contributed by atoms with E-state index < -0.39 is 5.97 Å².